The number of fused-ring (bicyclic) bond motifs is 2. The van der Waals surface area contributed by atoms with Gasteiger partial charge < -0.3 is 0 Å². The minimum Gasteiger partial charge on any atom is -0.275 e. The first kappa shape index (κ1) is 23.6. The maximum absolute atomic E-state index is 4.69. The number of benzene rings is 2. The van der Waals surface area contributed by atoms with Crippen molar-refractivity contribution in [3.63, 3.8) is 0 Å². The van der Waals surface area contributed by atoms with Crippen molar-refractivity contribution in [1.29, 1.82) is 0 Å². The Balaban J connectivity index is 1.53. The van der Waals surface area contributed by atoms with E-state index in [2.05, 4.69) is 83.7 Å². The molecule has 0 fully saturated rings. The van der Waals surface area contributed by atoms with Gasteiger partial charge in [0.25, 0.3) is 0 Å². The maximum Gasteiger partial charge on any atom is 0.168 e. The van der Waals surface area contributed by atoms with Crippen LogP contribution in [0.3, 0.4) is 0 Å². The van der Waals surface area contributed by atoms with Gasteiger partial charge in [-0.05, 0) is 48.5 Å². The molecule has 0 bridgehead atoms. The fourth-order valence-electron chi connectivity index (χ4n) is 5.33. The molecule has 0 unspecified atom stereocenters. The number of para-hydroxylation sites is 4. The van der Waals surface area contributed by atoms with Gasteiger partial charge in [0.15, 0.2) is 11.6 Å². The van der Waals surface area contributed by atoms with Crippen LogP contribution in [0, 0.1) is 0 Å². The minimum atomic E-state index is 0.678. The lowest BCUT2D eigenvalue weighted by atomic mass is 10.2. The smallest absolute Gasteiger partial charge is 0.168 e. The lowest BCUT2D eigenvalue weighted by molar-refractivity contribution is 0.949. The van der Waals surface area contributed by atoms with Crippen molar-refractivity contribution in [2.24, 2.45) is 0 Å². The van der Waals surface area contributed by atoms with Gasteiger partial charge in [-0.1, -0.05) is 24.3 Å². The number of nitrogens with zero attached hydrogens (tertiary/aromatic N) is 12. The van der Waals surface area contributed by atoms with Crippen molar-refractivity contribution < 1.29 is 0 Å². The summed E-state index contributed by atoms with van der Waals surface area (Å²) in [6.45, 7) is 0. The van der Waals surface area contributed by atoms with Crippen LogP contribution in [0.2, 0.25) is 0 Å². The highest BCUT2D eigenvalue weighted by Crippen LogP contribution is 2.55. The average Bonchev–Trinajstić information content (AvgIpc) is 3.59. The molecule has 2 aliphatic heterocycles. The SMILES string of the molecule is c1ccc2c(c1)N(c1ccncn1)C(=C1N(c3ccncn3)c3ccccc3N1c1ccncn1)N2c1ccncn1. The second-order valence-corrected chi connectivity index (χ2v) is 9.24. The van der Waals surface area contributed by atoms with Gasteiger partial charge in [0.05, 0.1) is 22.7 Å². The van der Waals surface area contributed by atoms with Gasteiger partial charge in [0.2, 0.25) is 0 Å². The van der Waals surface area contributed by atoms with Gasteiger partial charge in [-0.2, -0.15) is 0 Å². The summed E-state index contributed by atoms with van der Waals surface area (Å²) < 4.78 is 0. The van der Waals surface area contributed by atoms with Crippen LogP contribution >= 0.6 is 0 Å². The molecular weight excluding hydrogens is 528 g/mol. The highest BCUT2D eigenvalue weighted by molar-refractivity contribution is 5.98. The van der Waals surface area contributed by atoms with E-state index < -0.39 is 0 Å². The van der Waals surface area contributed by atoms with E-state index in [-0.39, 0.29) is 0 Å². The second kappa shape index (κ2) is 9.71. The number of hydrogen-bond acceptors (Lipinski definition) is 12. The molecule has 12 nitrogen and oxygen atoms in total. The highest BCUT2D eigenvalue weighted by atomic mass is 15.5. The molecule has 200 valence electrons. The lowest BCUT2D eigenvalue weighted by Gasteiger charge is -2.32. The zero-order chi connectivity index (χ0) is 27.9. The molecule has 0 spiro atoms. The van der Waals surface area contributed by atoms with E-state index in [9.17, 15) is 0 Å². The van der Waals surface area contributed by atoms with E-state index in [1.807, 2.05) is 48.5 Å². The molecule has 0 radical (unpaired) electrons. The predicted molar refractivity (Wildman–Crippen MR) is 157 cm³/mol. The van der Waals surface area contributed by atoms with Crippen LogP contribution in [-0.4, -0.2) is 39.9 Å². The van der Waals surface area contributed by atoms with Crippen LogP contribution in [0.5, 0.6) is 0 Å². The molecule has 0 amide bonds. The summed E-state index contributed by atoms with van der Waals surface area (Å²) in [7, 11) is 0. The fourth-order valence-corrected chi connectivity index (χ4v) is 5.33. The molecule has 6 heterocycles. The molecular formula is C30H20N12. The van der Waals surface area contributed by atoms with Gasteiger partial charge in [-0.3, -0.25) is 19.6 Å². The molecule has 4 aromatic heterocycles. The highest BCUT2D eigenvalue weighted by Gasteiger charge is 2.45. The van der Waals surface area contributed by atoms with Crippen LogP contribution in [0.1, 0.15) is 0 Å². The first-order valence-corrected chi connectivity index (χ1v) is 13.1. The zero-order valence-corrected chi connectivity index (χ0v) is 21.9. The third kappa shape index (κ3) is 3.63. The fraction of sp³-hybridized carbons (Fsp3) is 0. The summed E-state index contributed by atoms with van der Waals surface area (Å²) in [6, 6.07) is 23.8. The van der Waals surface area contributed by atoms with E-state index in [0.717, 1.165) is 34.4 Å². The average molecular weight is 549 g/mol. The molecule has 0 saturated carbocycles. The third-order valence-corrected chi connectivity index (χ3v) is 6.96. The van der Waals surface area contributed by atoms with E-state index in [1.165, 1.54) is 0 Å². The lowest BCUT2D eigenvalue weighted by Crippen LogP contribution is -2.34. The maximum atomic E-state index is 4.69. The van der Waals surface area contributed by atoms with Crippen molar-refractivity contribution in [3.8, 4) is 0 Å². The summed E-state index contributed by atoms with van der Waals surface area (Å²) in [5, 5.41) is 0. The van der Waals surface area contributed by atoms with Crippen LogP contribution < -0.4 is 19.6 Å². The number of anilines is 8. The van der Waals surface area contributed by atoms with Gasteiger partial charge in [-0.25, -0.2) is 39.9 Å². The molecule has 2 aliphatic rings. The molecule has 0 aliphatic carbocycles. The van der Waals surface area contributed by atoms with E-state index in [4.69, 9.17) is 0 Å². The predicted octanol–water partition coefficient (Wildman–Crippen LogP) is 5.25. The Bertz CT molecular complexity index is 1630. The summed E-state index contributed by atoms with van der Waals surface area (Å²) in [5.41, 5.74) is 3.66. The van der Waals surface area contributed by atoms with Crippen molar-refractivity contribution >= 4 is 46.0 Å². The van der Waals surface area contributed by atoms with Crippen molar-refractivity contribution in [2.45, 2.75) is 0 Å². The van der Waals surface area contributed by atoms with Crippen molar-refractivity contribution in [1.82, 2.24) is 39.9 Å². The van der Waals surface area contributed by atoms with Crippen LogP contribution in [0.15, 0.2) is 135 Å². The first-order chi connectivity index (χ1) is 20.9. The Kier molecular flexibility index (Phi) is 5.45. The Morgan fingerprint density at radius 1 is 0.333 bits per heavy atom. The van der Waals surface area contributed by atoms with Crippen LogP contribution in [-0.2, 0) is 0 Å². The van der Waals surface area contributed by atoms with Gasteiger partial charge >= 0.3 is 0 Å². The van der Waals surface area contributed by atoms with Crippen LogP contribution in [0.25, 0.3) is 0 Å². The second-order valence-electron chi connectivity index (χ2n) is 9.24. The largest absolute Gasteiger partial charge is 0.275 e. The quantitative estimate of drug-likeness (QED) is 0.286. The Morgan fingerprint density at radius 2 is 0.595 bits per heavy atom. The monoisotopic (exact) mass is 548 g/mol. The Morgan fingerprint density at radius 3 is 0.810 bits per heavy atom. The molecule has 0 saturated heterocycles. The Hall–Kier alpha value is -6.30. The topological polar surface area (TPSA) is 116 Å². The normalized spacial score (nSPS) is 13.9. The number of aromatic nitrogens is 8. The standard InChI is InChI=1S/C30H20N12/c1-2-6-22-21(5-1)39(25-9-13-31-17-35-25)29(40(22)26-10-14-32-18-36-26)30-41(27-11-15-33-19-37-27)23-7-3-4-8-24(23)42(30)28-12-16-34-20-38-28/h1-20H. The van der Waals surface area contributed by atoms with Crippen molar-refractivity contribution in [2.75, 3.05) is 19.6 Å². The molecule has 6 aromatic rings. The molecule has 8 rings (SSSR count). The van der Waals surface area contributed by atoms with Crippen molar-refractivity contribution in [3.05, 3.63) is 135 Å². The molecule has 42 heavy (non-hydrogen) atoms. The number of hydrogen-bond donors (Lipinski definition) is 0. The molecule has 0 N–H and O–H groups in total. The van der Waals surface area contributed by atoms with E-state index in [0.29, 0.717) is 23.3 Å². The third-order valence-electron chi connectivity index (χ3n) is 6.96. The summed E-state index contributed by atoms with van der Waals surface area (Å²) in [4.78, 5) is 43.9. The summed E-state index contributed by atoms with van der Waals surface area (Å²) >= 11 is 0. The van der Waals surface area contributed by atoms with Gasteiger partial charge in [0, 0.05) is 24.8 Å². The summed E-state index contributed by atoms with van der Waals surface area (Å²) in [6.07, 6.45) is 13.1. The number of rotatable bonds is 4. The van der Waals surface area contributed by atoms with Gasteiger partial charge in [-0.15, -0.1) is 0 Å². The first-order valence-electron chi connectivity index (χ1n) is 13.1. The Labute approximate surface area is 240 Å². The van der Waals surface area contributed by atoms with Crippen LogP contribution in [0.4, 0.5) is 46.0 Å². The zero-order valence-electron chi connectivity index (χ0n) is 21.9. The summed E-state index contributed by atoms with van der Waals surface area (Å²) in [5.74, 6) is 4.22. The molecule has 0 atom stereocenters. The van der Waals surface area contributed by atoms with Gasteiger partial charge in [0.1, 0.15) is 48.6 Å². The van der Waals surface area contributed by atoms with E-state index in [1.54, 1.807) is 50.1 Å². The minimum absolute atomic E-state index is 0.678. The molecule has 12 heteroatoms. The van der Waals surface area contributed by atoms with E-state index >= 15 is 0 Å². The molecule has 2 aromatic carbocycles.